The molecule has 0 N–H and O–H groups in total. The molecule has 0 heterocycles. The first kappa shape index (κ1) is 18.5. The molecule has 1 rings (SSSR count). The summed E-state index contributed by atoms with van der Waals surface area (Å²) in [5.41, 5.74) is 0.558. The van der Waals surface area contributed by atoms with Gasteiger partial charge in [-0.25, -0.2) is 8.42 Å². The van der Waals surface area contributed by atoms with E-state index in [-0.39, 0.29) is 12.3 Å². The van der Waals surface area contributed by atoms with Crippen LogP contribution in [0.25, 0.3) is 0 Å². The van der Waals surface area contributed by atoms with Crippen molar-refractivity contribution in [3.05, 3.63) is 29.8 Å². The van der Waals surface area contributed by atoms with Crippen molar-refractivity contribution in [1.82, 2.24) is 4.90 Å². The topological polar surface area (TPSA) is 54.5 Å². The molecule has 0 unspecified atom stereocenters. The Morgan fingerprint density at radius 2 is 1.59 bits per heavy atom. The maximum atomic E-state index is 12.2. The lowest BCUT2D eigenvalue weighted by atomic mass is 10.1. The number of nitrogens with zero attached hydrogens (tertiary/aromatic N) is 1. The van der Waals surface area contributed by atoms with Crippen LogP contribution in [0, 0.1) is 0 Å². The molecule has 0 atom stereocenters. The van der Waals surface area contributed by atoms with E-state index in [9.17, 15) is 26.4 Å². The fourth-order valence-corrected chi connectivity index (χ4v) is 3.12. The Balaban J connectivity index is 2.85. The van der Waals surface area contributed by atoms with E-state index >= 15 is 0 Å². The molecule has 0 aromatic heterocycles. The van der Waals surface area contributed by atoms with Crippen LogP contribution in [0.15, 0.2) is 29.2 Å². The SMILES string of the molecule is CCN(CC)C(=O)Cc1ccc(S(=O)(=O)CC(F)(F)F)cc1. The molecule has 0 bridgehead atoms. The van der Waals surface area contributed by atoms with E-state index in [1.165, 1.54) is 12.1 Å². The highest BCUT2D eigenvalue weighted by molar-refractivity contribution is 7.91. The average Bonchev–Trinajstić information content (AvgIpc) is 2.38. The van der Waals surface area contributed by atoms with Gasteiger partial charge in [0.2, 0.25) is 5.91 Å². The van der Waals surface area contributed by atoms with Crippen LogP contribution in [0.2, 0.25) is 0 Å². The van der Waals surface area contributed by atoms with Gasteiger partial charge in [-0.05, 0) is 31.5 Å². The summed E-state index contributed by atoms with van der Waals surface area (Å²) in [5.74, 6) is -2.01. The minimum Gasteiger partial charge on any atom is -0.343 e. The Hall–Kier alpha value is -1.57. The molecule has 0 fully saturated rings. The highest BCUT2D eigenvalue weighted by atomic mass is 32.2. The van der Waals surface area contributed by atoms with E-state index in [0.29, 0.717) is 18.7 Å². The molecule has 0 saturated heterocycles. The molecule has 0 radical (unpaired) electrons. The van der Waals surface area contributed by atoms with Gasteiger partial charge in [0.25, 0.3) is 0 Å². The van der Waals surface area contributed by atoms with Gasteiger partial charge in [-0.15, -0.1) is 0 Å². The molecule has 1 amide bonds. The number of hydrogen-bond donors (Lipinski definition) is 0. The highest BCUT2D eigenvalue weighted by Gasteiger charge is 2.35. The zero-order valence-corrected chi connectivity index (χ0v) is 13.2. The zero-order chi connectivity index (χ0) is 17.0. The number of carbonyl (C=O) groups is 1. The molecule has 22 heavy (non-hydrogen) atoms. The first-order valence-electron chi connectivity index (χ1n) is 6.75. The van der Waals surface area contributed by atoms with Crippen molar-refractivity contribution in [1.29, 1.82) is 0 Å². The largest absolute Gasteiger partial charge is 0.403 e. The summed E-state index contributed by atoms with van der Waals surface area (Å²) in [5, 5.41) is 0. The van der Waals surface area contributed by atoms with E-state index in [1.807, 2.05) is 13.8 Å². The molecular formula is C14H18F3NO3S. The average molecular weight is 337 g/mol. The second-order valence-electron chi connectivity index (χ2n) is 4.76. The summed E-state index contributed by atoms with van der Waals surface area (Å²) in [6.45, 7) is 4.81. The summed E-state index contributed by atoms with van der Waals surface area (Å²) >= 11 is 0. The number of benzene rings is 1. The lowest BCUT2D eigenvalue weighted by Gasteiger charge is -2.18. The lowest BCUT2D eigenvalue weighted by Crippen LogP contribution is -2.31. The van der Waals surface area contributed by atoms with Crippen molar-refractivity contribution in [3.63, 3.8) is 0 Å². The Labute approximate surface area is 127 Å². The summed E-state index contributed by atoms with van der Waals surface area (Å²) in [6.07, 6.45) is -4.70. The fourth-order valence-electron chi connectivity index (χ4n) is 1.98. The van der Waals surface area contributed by atoms with E-state index in [0.717, 1.165) is 12.1 Å². The number of amides is 1. The van der Waals surface area contributed by atoms with Gasteiger partial charge in [0, 0.05) is 13.1 Å². The second kappa shape index (κ2) is 7.13. The van der Waals surface area contributed by atoms with Gasteiger partial charge >= 0.3 is 6.18 Å². The van der Waals surface area contributed by atoms with E-state index in [2.05, 4.69) is 0 Å². The van der Waals surface area contributed by atoms with Crippen LogP contribution in [0.5, 0.6) is 0 Å². The normalized spacial score (nSPS) is 12.2. The van der Waals surface area contributed by atoms with Crippen LogP contribution < -0.4 is 0 Å². The number of sulfone groups is 1. The first-order valence-corrected chi connectivity index (χ1v) is 8.40. The molecular weight excluding hydrogens is 319 g/mol. The predicted molar refractivity (Wildman–Crippen MR) is 76.2 cm³/mol. The minimum atomic E-state index is -4.78. The van der Waals surface area contributed by atoms with E-state index < -0.39 is 26.7 Å². The van der Waals surface area contributed by atoms with Crippen LogP contribution in [-0.4, -0.2) is 44.2 Å². The number of likely N-dealkylation sites (N-methyl/N-ethyl adjacent to an activating group) is 1. The number of rotatable bonds is 6. The number of hydrogen-bond acceptors (Lipinski definition) is 3. The molecule has 8 heteroatoms. The lowest BCUT2D eigenvalue weighted by molar-refractivity contribution is -0.130. The van der Waals surface area contributed by atoms with Crippen LogP contribution in [0.4, 0.5) is 13.2 Å². The molecule has 0 aliphatic rings. The Kier molecular flexibility index (Phi) is 5.99. The summed E-state index contributed by atoms with van der Waals surface area (Å²) < 4.78 is 59.9. The van der Waals surface area contributed by atoms with Crippen LogP contribution in [0.1, 0.15) is 19.4 Å². The molecule has 0 aliphatic heterocycles. The number of alkyl halides is 3. The van der Waals surface area contributed by atoms with Gasteiger partial charge in [0.15, 0.2) is 15.6 Å². The van der Waals surface area contributed by atoms with Crippen molar-refractivity contribution in [2.24, 2.45) is 0 Å². The zero-order valence-electron chi connectivity index (χ0n) is 12.4. The van der Waals surface area contributed by atoms with Crippen molar-refractivity contribution >= 4 is 15.7 Å². The first-order chi connectivity index (χ1) is 10.1. The summed E-state index contributed by atoms with van der Waals surface area (Å²) in [4.78, 5) is 13.1. The van der Waals surface area contributed by atoms with Gasteiger partial charge in [-0.1, -0.05) is 12.1 Å². The summed E-state index contributed by atoms with van der Waals surface area (Å²) in [6, 6.07) is 4.94. The molecule has 124 valence electrons. The van der Waals surface area contributed by atoms with E-state index in [4.69, 9.17) is 0 Å². The van der Waals surface area contributed by atoms with Crippen LogP contribution in [-0.2, 0) is 21.1 Å². The molecule has 0 saturated carbocycles. The smallest absolute Gasteiger partial charge is 0.343 e. The third kappa shape index (κ3) is 5.32. The summed E-state index contributed by atoms with van der Waals surface area (Å²) in [7, 11) is -4.41. The van der Waals surface area contributed by atoms with Gasteiger partial charge in [0.05, 0.1) is 11.3 Å². The molecule has 4 nitrogen and oxygen atoms in total. The highest BCUT2D eigenvalue weighted by Crippen LogP contribution is 2.22. The number of halogens is 3. The maximum absolute atomic E-state index is 12.2. The van der Waals surface area contributed by atoms with Gasteiger partial charge < -0.3 is 4.90 Å². The van der Waals surface area contributed by atoms with Gasteiger partial charge in [-0.2, -0.15) is 13.2 Å². The van der Waals surface area contributed by atoms with Crippen LogP contribution >= 0.6 is 0 Å². The van der Waals surface area contributed by atoms with Gasteiger partial charge in [-0.3, -0.25) is 4.79 Å². The van der Waals surface area contributed by atoms with Gasteiger partial charge in [0.1, 0.15) is 0 Å². The van der Waals surface area contributed by atoms with Crippen molar-refractivity contribution in [3.8, 4) is 0 Å². The molecule has 0 spiro atoms. The Morgan fingerprint density at radius 3 is 2.00 bits per heavy atom. The molecule has 1 aromatic carbocycles. The second-order valence-corrected chi connectivity index (χ2v) is 6.75. The quantitative estimate of drug-likeness (QED) is 0.801. The maximum Gasteiger partial charge on any atom is 0.403 e. The third-order valence-electron chi connectivity index (χ3n) is 3.11. The Bertz CT molecular complexity index is 605. The Morgan fingerprint density at radius 1 is 1.09 bits per heavy atom. The van der Waals surface area contributed by atoms with E-state index in [1.54, 1.807) is 4.90 Å². The third-order valence-corrected chi connectivity index (χ3v) is 4.81. The monoisotopic (exact) mass is 337 g/mol. The fraction of sp³-hybridized carbons (Fsp3) is 0.500. The number of carbonyl (C=O) groups excluding carboxylic acids is 1. The standard InChI is InChI=1S/C14H18F3NO3S/c1-3-18(4-2)13(19)9-11-5-7-12(8-6-11)22(20,21)10-14(15,16)17/h5-8H,3-4,9-10H2,1-2H3. The van der Waals surface area contributed by atoms with Crippen molar-refractivity contribution in [2.75, 3.05) is 18.8 Å². The van der Waals surface area contributed by atoms with Crippen LogP contribution in [0.3, 0.4) is 0 Å². The molecule has 0 aliphatic carbocycles. The minimum absolute atomic E-state index is 0.0846. The molecule has 1 aromatic rings. The predicted octanol–water partition coefficient (Wildman–Crippen LogP) is 2.43. The van der Waals surface area contributed by atoms with Crippen molar-refractivity contribution < 1.29 is 26.4 Å². The van der Waals surface area contributed by atoms with Crippen molar-refractivity contribution in [2.45, 2.75) is 31.3 Å².